The van der Waals surface area contributed by atoms with E-state index in [4.69, 9.17) is 9.84 Å². The summed E-state index contributed by atoms with van der Waals surface area (Å²) in [7, 11) is 0. The molecule has 1 fully saturated rings. The Kier molecular flexibility index (Phi) is 6.93. The quantitative estimate of drug-likeness (QED) is 0.662. The van der Waals surface area contributed by atoms with Crippen molar-refractivity contribution in [2.45, 2.75) is 64.4 Å². The van der Waals surface area contributed by atoms with Crippen molar-refractivity contribution in [2.24, 2.45) is 5.92 Å². The summed E-state index contributed by atoms with van der Waals surface area (Å²) in [4.78, 5) is 0. The van der Waals surface area contributed by atoms with Crippen molar-refractivity contribution in [1.29, 1.82) is 0 Å². The lowest BCUT2D eigenvalue weighted by Crippen LogP contribution is -1.98. The van der Waals surface area contributed by atoms with E-state index in [0.717, 1.165) is 30.3 Å². The van der Waals surface area contributed by atoms with E-state index in [9.17, 15) is 0 Å². The van der Waals surface area contributed by atoms with Crippen molar-refractivity contribution in [3.05, 3.63) is 29.8 Å². The Labute approximate surface area is 123 Å². The Morgan fingerprint density at radius 1 is 0.950 bits per heavy atom. The minimum atomic E-state index is 0.0985. The Bertz CT molecular complexity index is 352. The van der Waals surface area contributed by atoms with Crippen molar-refractivity contribution < 1.29 is 9.84 Å². The maximum atomic E-state index is 8.96. The highest BCUT2D eigenvalue weighted by Gasteiger charge is 2.13. The number of hydrogen-bond donors (Lipinski definition) is 1. The first-order valence-electron chi connectivity index (χ1n) is 8.21. The Morgan fingerprint density at radius 3 is 2.35 bits per heavy atom. The molecule has 112 valence electrons. The van der Waals surface area contributed by atoms with Gasteiger partial charge in [0.1, 0.15) is 5.75 Å². The van der Waals surface area contributed by atoms with E-state index < -0.39 is 0 Å². The summed E-state index contributed by atoms with van der Waals surface area (Å²) >= 11 is 0. The fourth-order valence-corrected chi connectivity index (χ4v) is 3.07. The summed E-state index contributed by atoms with van der Waals surface area (Å²) in [6.45, 7) is 0.906. The number of aliphatic hydroxyl groups excluding tert-OH is 1. The second-order valence-corrected chi connectivity index (χ2v) is 6.00. The fraction of sp³-hybridized carbons (Fsp3) is 0.667. The van der Waals surface area contributed by atoms with Gasteiger partial charge in [-0.1, -0.05) is 63.5 Å². The molecule has 2 heteroatoms. The molecular weight excluding hydrogens is 248 g/mol. The van der Waals surface area contributed by atoms with Crippen molar-refractivity contribution in [1.82, 2.24) is 0 Å². The first-order chi connectivity index (χ1) is 9.88. The molecule has 0 amide bonds. The molecule has 0 saturated heterocycles. The van der Waals surface area contributed by atoms with Crippen LogP contribution >= 0.6 is 0 Å². The van der Waals surface area contributed by atoms with Crippen molar-refractivity contribution in [2.75, 3.05) is 6.61 Å². The number of rotatable bonds is 9. The standard InChI is InChI=1S/C18H28O2/c19-15-17-10-12-18(13-11-17)20-14-6-2-1-3-7-16-8-4-5-9-16/h10-13,16,19H,1-9,14-15H2. The molecule has 1 N–H and O–H groups in total. The highest BCUT2D eigenvalue weighted by atomic mass is 16.5. The van der Waals surface area contributed by atoms with Crippen LogP contribution in [0, 0.1) is 5.92 Å². The van der Waals surface area contributed by atoms with Gasteiger partial charge in [0, 0.05) is 0 Å². The second-order valence-electron chi connectivity index (χ2n) is 6.00. The highest BCUT2D eigenvalue weighted by molar-refractivity contribution is 5.26. The van der Waals surface area contributed by atoms with Gasteiger partial charge in [0.2, 0.25) is 0 Å². The Morgan fingerprint density at radius 2 is 1.65 bits per heavy atom. The molecular formula is C18H28O2. The van der Waals surface area contributed by atoms with E-state index in [-0.39, 0.29) is 6.61 Å². The van der Waals surface area contributed by atoms with Gasteiger partial charge in [-0.05, 0) is 30.0 Å². The zero-order valence-electron chi connectivity index (χ0n) is 12.5. The Hall–Kier alpha value is -1.02. The largest absolute Gasteiger partial charge is 0.494 e. The molecule has 0 spiro atoms. The van der Waals surface area contributed by atoms with Crippen LogP contribution in [0.4, 0.5) is 0 Å². The van der Waals surface area contributed by atoms with Crippen LogP contribution in [-0.4, -0.2) is 11.7 Å². The summed E-state index contributed by atoms with van der Waals surface area (Å²) in [6.07, 6.45) is 12.5. The molecule has 0 radical (unpaired) electrons. The zero-order chi connectivity index (χ0) is 14.0. The first kappa shape index (κ1) is 15.4. The smallest absolute Gasteiger partial charge is 0.119 e. The number of unbranched alkanes of at least 4 members (excludes halogenated alkanes) is 3. The molecule has 20 heavy (non-hydrogen) atoms. The van der Waals surface area contributed by atoms with E-state index in [2.05, 4.69) is 0 Å². The maximum Gasteiger partial charge on any atom is 0.119 e. The van der Waals surface area contributed by atoms with Gasteiger partial charge >= 0.3 is 0 Å². The lowest BCUT2D eigenvalue weighted by molar-refractivity contribution is 0.280. The number of benzene rings is 1. The molecule has 0 aliphatic heterocycles. The van der Waals surface area contributed by atoms with Crippen LogP contribution in [0.1, 0.15) is 63.4 Å². The van der Waals surface area contributed by atoms with Gasteiger partial charge in [0.25, 0.3) is 0 Å². The Balaban J connectivity index is 1.46. The molecule has 0 atom stereocenters. The molecule has 1 aliphatic rings. The summed E-state index contributed by atoms with van der Waals surface area (Å²) in [5, 5.41) is 8.96. The molecule has 1 aromatic carbocycles. The van der Waals surface area contributed by atoms with E-state index >= 15 is 0 Å². The summed E-state index contributed by atoms with van der Waals surface area (Å²) in [6, 6.07) is 7.70. The SMILES string of the molecule is OCc1ccc(OCCCCCCC2CCCC2)cc1. The molecule has 0 heterocycles. The zero-order valence-corrected chi connectivity index (χ0v) is 12.5. The molecule has 1 aromatic rings. The van der Waals surface area contributed by atoms with Crippen LogP contribution in [0.25, 0.3) is 0 Å². The summed E-state index contributed by atoms with van der Waals surface area (Å²) in [5.74, 6) is 1.95. The van der Waals surface area contributed by atoms with Gasteiger partial charge in [-0.3, -0.25) is 0 Å². The third kappa shape index (κ3) is 5.54. The van der Waals surface area contributed by atoms with E-state index in [1.165, 1.54) is 51.4 Å². The molecule has 1 aliphatic carbocycles. The maximum absolute atomic E-state index is 8.96. The minimum Gasteiger partial charge on any atom is -0.494 e. The van der Waals surface area contributed by atoms with Crippen molar-refractivity contribution in [3.63, 3.8) is 0 Å². The van der Waals surface area contributed by atoms with Gasteiger partial charge < -0.3 is 9.84 Å². The highest BCUT2D eigenvalue weighted by Crippen LogP contribution is 2.29. The second kappa shape index (κ2) is 9.02. The monoisotopic (exact) mass is 276 g/mol. The van der Waals surface area contributed by atoms with E-state index in [1.807, 2.05) is 24.3 Å². The molecule has 0 unspecified atom stereocenters. The predicted molar refractivity (Wildman–Crippen MR) is 82.9 cm³/mol. The first-order valence-corrected chi connectivity index (χ1v) is 8.21. The van der Waals surface area contributed by atoms with Crippen LogP contribution in [0.15, 0.2) is 24.3 Å². The van der Waals surface area contributed by atoms with Crippen molar-refractivity contribution in [3.8, 4) is 5.75 Å². The molecule has 0 bridgehead atoms. The van der Waals surface area contributed by atoms with Crippen LogP contribution in [0.2, 0.25) is 0 Å². The number of aliphatic hydroxyl groups is 1. The predicted octanol–water partition coefficient (Wildman–Crippen LogP) is 4.70. The van der Waals surface area contributed by atoms with Gasteiger partial charge in [0.05, 0.1) is 13.2 Å². The molecule has 2 rings (SSSR count). The minimum absolute atomic E-state index is 0.0985. The van der Waals surface area contributed by atoms with Gasteiger partial charge in [-0.2, -0.15) is 0 Å². The van der Waals surface area contributed by atoms with Crippen LogP contribution < -0.4 is 4.74 Å². The third-order valence-corrected chi connectivity index (χ3v) is 4.36. The van der Waals surface area contributed by atoms with Gasteiger partial charge in [-0.15, -0.1) is 0 Å². The molecule has 1 saturated carbocycles. The molecule has 0 aromatic heterocycles. The van der Waals surface area contributed by atoms with Gasteiger partial charge in [-0.25, -0.2) is 0 Å². The number of hydrogen-bond acceptors (Lipinski definition) is 2. The third-order valence-electron chi connectivity index (χ3n) is 4.36. The topological polar surface area (TPSA) is 29.5 Å². The lowest BCUT2D eigenvalue weighted by Gasteiger charge is -2.09. The van der Waals surface area contributed by atoms with Gasteiger partial charge in [0.15, 0.2) is 0 Å². The summed E-state index contributed by atoms with van der Waals surface area (Å²) < 4.78 is 5.70. The fourth-order valence-electron chi connectivity index (χ4n) is 3.07. The average molecular weight is 276 g/mol. The molecule has 2 nitrogen and oxygen atoms in total. The average Bonchev–Trinajstić information content (AvgIpc) is 3.00. The lowest BCUT2D eigenvalue weighted by atomic mass is 9.99. The number of ether oxygens (including phenoxy) is 1. The van der Waals surface area contributed by atoms with Crippen molar-refractivity contribution >= 4 is 0 Å². The van der Waals surface area contributed by atoms with E-state index in [0.29, 0.717) is 0 Å². The van der Waals surface area contributed by atoms with Crippen LogP contribution in [0.5, 0.6) is 5.75 Å². The summed E-state index contributed by atoms with van der Waals surface area (Å²) in [5.41, 5.74) is 0.935. The van der Waals surface area contributed by atoms with E-state index in [1.54, 1.807) is 0 Å². The van der Waals surface area contributed by atoms with Crippen LogP contribution in [0.3, 0.4) is 0 Å². The van der Waals surface area contributed by atoms with Crippen LogP contribution in [-0.2, 0) is 6.61 Å². The normalized spacial score (nSPS) is 15.7.